The van der Waals surface area contributed by atoms with Gasteiger partial charge in [-0.15, -0.1) is 0 Å². The first kappa shape index (κ1) is 17.3. The first-order chi connectivity index (χ1) is 7.51. The second-order valence-electron chi connectivity index (χ2n) is 3.15. The summed E-state index contributed by atoms with van der Waals surface area (Å²) in [4.78, 5) is 20.5. The molecule has 0 saturated carbocycles. The van der Waals surface area contributed by atoms with Crippen LogP contribution in [-0.2, 0) is 19.1 Å². The summed E-state index contributed by atoms with van der Waals surface area (Å²) in [5.74, 6) is -0.504. The largest absolute Gasteiger partial charge is 0.469 e. The van der Waals surface area contributed by atoms with Gasteiger partial charge in [0.25, 0.3) is 0 Å². The molecule has 0 radical (unpaired) electrons. The molecule has 0 aromatic heterocycles. The van der Waals surface area contributed by atoms with Gasteiger partial charge in [0.2, 0.25) is 0 Å². The van der Waals surface area contributed by atoms with Crippen LogP contribution in [0.2, 0.25) is 0 Å². The predicted octanol–water partition coefficient (Wildman–Crippen LogP) is 1.28. The first-order valence-corrected chi connectivity index (χ1v) is 5.33. The van der Waals surface area contributed by atoms with E-state index in [1.54, 1.807) is 6.92 Å². The lowest BCUT2D eigenvalue weighted by Gasteiger charge is -2.05. The summed E-state index contributed by atoms with van der Waals surface area (Å²) in [7, 11) is 2.70. The van der Waals surface area contributed by atoms with Gasteiger partial charge in [0.15, 0.2) is 0 Å². The molecular formula is C11H22O5. The maximum absolute atomic E-state index is 10.5. The van der Waals surface area contributed by atoms with Crippen molar-refractivity contribution < 1.29 is 24.2 Å². The number of aliphatic hydroxyl groups excluding tert-OH is 1. The SMILES string of the molecule is CCC(=O)OC.CCCC(O)CC(=O)OC. The molecule has 0 bridgehead atoms. The summed E-state index contributed by atoms with van der Waals surface area (Å²) >= 11 is 0. The molecule has 5 heteroatoms. The number of aliphatic hydroxyl groups is 1. The average Bonchev–Trinajstić information content (AvgIpc) is 2.28. The number of hydrogen-bond donors (Lipinski definition) is 1. The fourth-order valence-electron chi connectivity index (χ4n) is 0.855. The number of carbonyl (C=O) groups excluding carboxylic acids is 2. The van der Waals surface area contributed by atoms with E-state index >= 15 is 0 Å². The monoisotopic (exact) mass is 234 g/mol. The maximum atomic E-state index is 10.5. The lowest BCUT2D eigenvalue weighted by Crippen LogP contribution is -2.13. The minimum Gasteiger partial charge on any atom is -0.469 e. The lowest BCUT2D eigenvalue weighted by atomic mass is 10.1. The molecule has 5 nitrogen and oxygen atoms in total. The molecule has 0 aliphatic carbocycles. The molecule has 0 heterocycles. The summed E-state index contributed by atoms with van der Waals surface area (Å²) in [6.07, 6.45) is 1.60. The molecule has 0 spiro atoms. The zero-order valence-electron chi connectivity index (χ0n) is 10.5. The molecule has 0 saturated heterocycles. The molecule has 1 N–H and O–H groups in total. The number of esters is 2. The standard InChI is InChI=1S/C7H14O3.C4H8O2/c1-3-4-6(8)5-7(9)10-2;1-3-4(5)6-2/h6,8H,3-5H2,1-2H3;3H2,1-2H3. The number of rotatable bonds is 5. The highest BCUT2D eigenvalue weighted by atomic mass is 16.5. The molecule has 0 aromatic rings. The van der Waals surface area contributed by atoms with E-state index in [1.165, 1.54) is 14.2 Å². The Morgan fingerprint density at radius 1 is 1.12 bits per heavy atom. The van der Waals surface area contributed by atoms with E-state index in [4.69, 9.17) is 5.11 Å². The summed E-state index contributed by atoms with van der Waals surface area (Å²) in [6, 6.07) is 0. The molecule has 1 atom stereocenters. The molecular weight excluding hydrogens is 212 g/mol. The third-order valence-electron chi connectivity index (χ3n) is 1.77. The third-order valence-corrected chi connectivity index (χ3v) is 1.77. The van der Waals surface area contributed by atoms with Gasteiger partial charge in [0.1, 0.15) is 0 Å². The van der Waals surface area contributed by atoms with Crippen LogP contribution < -0.4 is 0 Å². The number of hydrogen-bond acceptors (Lipinski definition) is 5. The Morgan fingerprint density at radius 2 is 1.62 bits per heavy atom. The van der Waals surface area contributed by atoms with Crippen molar-refractivity contribution >= 4 is 11.9 Å². The van der Waals surface area contributed by atoms with E-state index in [-0.39, 0.29) is 18.4 Å². The Kier molecular flexibility index (Phi) is 12.9. The van der Waals surface area contributed by atoms with Gasteiger partial charge in [0.05, 0.1) is 26.7 Å². The first-order valence-electron chi connectivity index (χ1n) is 5.33. The minimum atomic E-state index is -0.530. The van der Waals surface area contributed by atoms with E-state index in [2.05, 4.69) is 9.47 Å². The Labute approximate surface area is 96.7 Å². The highest BCUT2D eigenvalue weighted by Crippen LogP contribution is 2.01. The quantitative estimate of drug-likeness (QED) is 0.725. The van der Waals surface area contributed by atoms with Crippen molar-refractivity contribution in [3.8, 4) is 0 Å². The van der Waals surface area contributed by atoms with Crippen LogP contribution in [0, 0.1) is 0 Å². The summed E-state index contributed by atoms with van der Waals surface area (Å²) < 4.78 is 8.63. The smallest absolute Gasteiger partial charge is 0.308 e. The summed E-state index contributed by atoms with van der Waals surface area (Å²) in [6.45, 7) is 3.71. The topological polar surface area (TPSA) is 72.8 Å². The van der Waals surface area contributed by atoms with Crippen molar-refractivity contribution in [2.45, 2.75) is 45.6 Å². The average molecular weight is 234 g/mol. The van der Waals surface area contributed by atoms with E-state index in [0.717, 1.165) is 6.42 Å². The van der Waals surface area contributed by atoms with Crippen molar-refractivity contribution in [3.63, 3.8) is 0 Å². The second-order valence-corrected chi connectivity index (χ2v) is 3.15. The molecule has 1 unspecified atom stereocenters. The maximum Gasteiger partial charge on any atom is 0.308 e. The van der Waals surface area contributed by atoms with Crippen LogP contribution in [0.1, 0.15) is 39.5 Å². The van der Waals surface area contributed by atoms with Gasteiger partial charge in [-0.1, -0.05) is 20.3 Å². The number of carbonyl (C=O) groups is 2. The number of methoxy groups -OCH3 is 2. The van der Waals surface area contributed by atoms with Gasteiger partial charge in [-0.2, -0.15) is 0 Å². The minimum absolute atomic E-state index is 0.115. The highest BCUT2D eigenvalue weighted by Gasteiger charge is 2.08. The van der Waals surface area contributed by atoms with Gasteiger partial charge in [-0.3, -0.25) is 9.59 Å². The van der Waals surface area contributed by atoms with Crippen molar-refractivity contribution in [1.82, 2.24) is 0 Å². The number of ether oxygens (including phenoxy) is 2. The van der Waals surface area contributed by atoms with Crippen LogP contribution >= 0.6 is 0 Å². The highest BCUT2D eigenvalue weighted by molar-refractivity contribution is 5.69. The van der Waals surface area contributed by atoms with Crippen molar-refractivity contribution in [2.24, 2.45) is 0 Å². The lowest BCUT2D eigenvalue weighted by molar-refractivity contribution is -0.143. The van der Waals surface area contributed by atoms with Crippen molar-refractivity contribution in [2.75, 3.05) is 14.2 Å². The van der Waals surface area contributed by atoms with Crippen LogP contribution in [0.25, 0.3) is 0 Å². The molecule has 16 heavy (non-hydrogen) atoms. The Hall–Kier alpha value is -1.10. The predicted molar refractivity (Wildman–Crippen MR) is 59.9 cm³/mol. The third kappa shape index (κ3) is 12.9. The zero-order valence-corrected chi connectivity index (χ0v) is 10.5. The molecule has 0 aliphatic rings. The Morgan fingerprint density at radius 3 is 1.88 bits per heavy atom. The molecule has 0 rings (SSSR count). The molecule has 0 aromatic carbocycles. The van der Waals surface area contributed by atoms with Crippen molar-refractivity contribution in [3.05, 3.63) is 0 Å². The fraction of sp³-hybridized carbons (Fsp3) is 0.818. The fourth-order valence-corrected chi connectivity index (χ4v) is 0.855. The Bertz CT molecular complexity index is 185. The van der Waals surface area contributed by atoms with Gasteiger partial charge in [-0.25, -0.2) is 0 Å². The van der Waals surface area contributed by atoms with E-state index in [0.29, 0.717) is 12.8 Å². The van der Waals surface area contributed by atoms with Crippen LogP contribution in [0.3, 0.4) is 0 Å². The van der Waals surface area contributed by atoms with E-state index in [1.807, 2.05) is 6.92 Å². The molecule has 0 aliphatic heterocycles. The van der Waals surface area contributed by atoms with E-state index in [9.17, 15) is 9.59 Å². The Balaban J connectivity index is 0. The van der Waals surface area contributed by atoms with Crippen LogP contribution in [0.4, 0.5) is 0 Å². The van der Waals surface area contributed by atoms with Gasteiger partial charge < -0.3 is 14.6 Å². The van der Waals surface area contributed by atoms with E-state index < -0.39 is 6.10 Å². The second kappa shape index (κ2) is 12.0. The molecule has 0 fully saturated rings. The normalized spacial score (nSPS) is 10.8. The van der Waals surface area contributed by atoms with Crippen LogP contribution in [-0.4, -0.2) is 37.4 Å². The van der Waals surface area contributed by atoms with Gasteiger partial charge in [-0.05, 0) is 6.42 Å². The van der Waals surface area contributed by atoms with Crippen LogP contribution in [0.5, 0.6) is 0 Å². The van der Waals surface area contributed by atoms with Gasteiger partial charge in [0, 0.05) is 6.42 Å². The summed E-state index contributed by atoms with van der Waals surface area (Å²) in [5, 5.41) is 9.05. The van der Waals surface area contributed by atoms with Gasteiger partial charge >= 0.3 is 11.9 Å². The summed E-state index contributed by atoms with van der Waals surface area (Å²) in [5.41, 5.74) is 0. The molecule has 0 amide bonds. The zero-order chi connectivity index (χ0) is 13.0. The van der Waals surface area contributed by atoms with Crippen molar-refractivity contribution in [1.29, 1.82) is 0 Å². The molecule has 96 valence electrons. The van der Waals surface area contributed by atoms with Crippen LogP contribution in [0.15, 0.2) is 0 Å².